The molecule has 6 nitrogen and oxygen atoms in total. The van der Waals surface area contributed by atoms with Crippen molar-refractivity contribution in [2.45, 2.75) is 6.10 Å². The summed E-state index contributed by atoms with van der Waals surface area (Å²) in [5.41, 5.74) is 1.30. The molecule has 1 unspecified atom stereocenters. The van der Waals surface area contributed by atoms with Gasteiger partial charge in [-0.15, -0.1) is 0 Å². The molecule has 0 spiro atoms. The number of methoxy groups -OCH3 is 1. The van der Waals surface area contributed by atoms with Crippen molar-refractivity contribution in [1.82, 2.24) is 10.3 Å². The van der Waals surface area contributed by atoms with Gasteiger partial charge in [-0.25, -0.2) is 9.78 Å². The van der Waals surface area contributed by atoms with E-state index in [0.29, 0.717) is 12.3 Å². The molecule has 0 amide bonds. The number of rotatable bonds is 4. The highest BCUT2D eigenvalue weighted by molar-refractivity contribution is 5.88. The Labute approximate surface area is 112 Å². The lowest BCUT2D eigenvalue weighted by molar-refractivity contribution is 0.0421. The lowest BCUT2D eigenvalue weighted by Crippen LogP contribution is -2.46. The molecule has 2 rings (SSSR count). The van der Waals surface area contributed by atoms with Crippen molar-refractivity contribution in [3.05, 3.63) is 24.0 Å². The number of carbonyl (C=O) groups excluding carboxylic acids is 1. The fraction of sp³-hybridized carbons (Fsp3) is 0.538. The van der Waals surface area contributed by atoms with Crippen LogP contribution in [-0.2, 0) is 9.47 Å². The number of carbonyl (C=O) groups is 1. The summed E-state index contributed by atoms with van der Waals surface area (Å²) in [6.07, 6.45) is 1.79. The van der Waals surface area contributed by atoms with Crippen LogP contribution in [-0.4, -0.2) is 57.5 Å². The SMILES string of the molecule is CNCC1CN(c2ccnc(C(=O)OC)c2)CCO1. The van der Waals surface area contributed by atoms with Gasteiger partial charge >= 0.3 is 5.97 Å². The van der Waals surface area contributed by atoms with Crippen molar-refractivity contribution < 1.29 is 14.3 Å². The molecule has 0 saturated carbocycles. The van der Waals surface area contributed by atoms with Crippen molar-refractivity contribution in [1.29, 1.82) is 0 Å². The van der Waals surface area contributed by atoms with Gasteiger partial charge in [0.1, 0.15) is 5.69 Å². The van der Waals surface area contributed by atoms with E-state index >= 15 is 0 Å². The number of anilines is 1. The molecule has 0 radical (unpaired) electrons. The van der Waals surface area contributed by atoms with Gasteiger partial charge in [0.15, 0.2) is 0 Å². The zero-order valence-corrected chi connectivity index (χ0v) is 11.3. The van der Waals surface area contributed by atoms with Crippen LogP contribution in [0.4, 0.5) is 5.69 Å². The van der Waals surface area contributed by atoms with E-state index in [1.807, 2.05) is 13.1 Å². The number of esters is 1. The number of pyridine rings is 1. The largest absolute Gasteiger partial charge is 0.464 e. The maximum absolute atomic E-state index is 11.5. The van der Waals surface area contributed by atoms with Crippen molar-refractivity contribution in [3.63, 3.8) is 0 Å². The average molecular weight is 265 g/mol. The second-order valence-electron chi connectivity index (χ2n) is 4.39. The molecule has 1 aliphatic rings. The predicted octanol–water partition coefficient (Wildman–Crippen LogP) is 0.293. The van der Waals surface area contributed by atoms with Crippen molar-refractivity contribution in [2.75, 3.05) is 45.3 Å². The van der Waals surface area contributed by atoms with Crippen molar-refractivity contribution in [3.8, 4) is 0 Å². The third-order valence-corrected chi connectivity index (χ3v) is 3.07. The number of morpholine rings is 1. The van der Waals surface area contributed by atoms with Crippen LogP contribution in [0.5, 0.6) is 0 Å². The van der Waals surface area contributed by atoms with Crippen LogP contribution < -0.4 is 10.2 Å². The third kappa shape index (κ3) is 3.42. The van der Waals surface area contributed by atoms with E-state index in [2.05, 4.69) is 19.9 Å². The van der Waals surface area contributed by atoms with Gasteiger partial charge in [-0.05, 0) is 19.2 Å². The first-order valence-electron chi connectivity index (χ1n) is 6.30. The van der Waals surface area contributed by atoms with Gasteiger partial charge in [0.05, 0.1) is 19.8 Å². The average Bonchev–Trinajstić information content (AvgIpc) is 2.47. The second kappa shape index (κ2) is 6.49. The highest BCUT2D eigenvalue weighted by Crippen LogP contribution is 2.18. The molecule has 1 fully saturated rings. The molecule has 0 aliphatic carbocycles. The summed E-state index contributed by atoms with van der Waals surface area (Å²) in [5, 5.41) is 3.11. The van der Waals surface area contributed by atoms with Gasteiger partial charge in [-0.3, -0.25) is 0 Å². The standard InChI is InChI=1S/C13H19N3O3/c1-14-8-11-9-16(5-6-19-11)10-3-4-15-12(7-10)13(17)18-2/h3-4,7,11,14H,5-6,8-9H2,1-2H3. The van der Waals surface area contributed by atoms with Gasteiger partial charge in [-0.1, -0.05) is 0 Å². The molecule has 2 heterocycles. The summed E-state index contributed by atoms with van der Waals surface area (Å²) in [7, 11) is 3.26. The Bertz CT molecular complexity index is 437. The summed E-state index contributed by atoms with van der Waals surface area (Å²) >= 11 is 0. The Balaban J connectivity index is 2.10. The molecule has 1 aromatic rings. The Hall–Kier alpha value is -1.66. The summed E-state index contributed by atoms with van der Waals surface area (Å²) in [6, 6.07) is 3.65. The molecule has 1 atom stereocenters. The zero-order chi connectivity index (χ0) is 13.7. The minimum absolute atomic E-state index is 0.161. The first kappa shape index (κ1) is 13.8. The van der Waals surface area contributed by atoms with Gasteiger partial charge in [0.25, 0.3) is 0 Å². The Kier molecular flexibility index (Phi) is 4.70. The Morgan fingerprint density at radius 2 is 2.53 bits per heavy atom. The van der Waals surface area contributed by atoms with Crippen LogP contribution in [0.1, 0.15) is 10.5 Å². The zero-order valence-electron chi connectivity index (χ0n) is 11.3. The van der Waals surface area contributed by atoms with Gasteiger partial charge < -0.3 is 19.7 Å². The molecular weight excluding hydrogens is 246 g/mol. The smallest absolute Gasteiger partial charge is 0.356 e. The molecule has 1 saturated heterocycles. The highest BCUT2D eigenvalue weighted by Gasteiger charge is 2.21. The van der Waals surface area contributed by atoms with Crippen LogP contribution in [0, 0.1) is 0 Å². The van der Waals surface area contributed by atoms with Crippen LogP contribution in [0.2, 0.25) is 0 Å². The number of nitrogens with one attached hydrogen (secondary N) is 1. The summed E-state index contributed by atoms with van der Waals surface area (Å²) in [5.74, 6) is -0.415. The molecule has 19 heavy (non-hydrogen) atoms. The number of hydrogen-bond acceptors (Lipinski definition) is 6. The van der Waals surface area contributed by atoms with E-state index in [4.69, 9.17) is 4.74 Å². The molecule has 1 N–H and O–H groups in total. The van der Waals surface area contributed by atoms with E-state index in [1.54, 1.807) is 12.3 Å². The molecule has 104 valence electrons. The van der Waals surface area contributed by atoms with Crippen molar-refractivity contribution >= 4 is 11.7 Å². The van der Waals surface area contributed by atoms with Gasteiger partial charge in [0.2, 0.25) is 0 Å². The molecule has 0 bridgehead atoms. The minimum Gasteiger partial charge on any atom is -0.464 e. The van der Waals surface area contributed by atoms with Crippen LogP contribution in [0.25, 0.3) is 0 Å². The topological polar surface area (TPSA) is 63.7 Å². The molecule has 1 aromatic heterocycles. The first-order valence-corrected chi connectivity index (χ1v) is 6.30. The van der Waals surface area contributed by atoms with E-state index in [-0.39, 0.29) is 6.10 Å². The first-order chi connectivity index (χ1) is 9.24. The summed E-state index contributed by atoms with van der Waals surface area (Å²) in [6.45, 7) is 3.10. The molecule has 1 aliphatic heterocycles. The Morgan fingerprint density at radius 1 is 1.68 bits per heavy atom. The quantitative estimate of drug-likeness (QED) is 0.790. The molecule has 0 aromatic carbocycles. The summed E-state index contributed by atoms with van der Waals surface area (Å²) < 4.78 is 10.3. The fourth-order valence-corrected chi connectivity index (χ4v) is 2.14. The molecular formula is C13H19N3O3. The predicted molar refractivity (Wildman–Crippen MR) is 71.5 cm³/mol. The van der Waals surface area contributed by atoms with E-state index in [1.165, 1.54) is 7.11 Å². The van der Waals surface area contributed by atoms with E-state index < -0.39 is 5.97 Å². The maximum atomic E-state index is 11.5. The number of nitrogens with zero attached hydrogens (tertiary/aromatic N) is 2. The number of aromatic nitrogens is 1. The lowest BCUT2D eigenvalue weighted by Gasteiger charge is -2.34. The van der Waals surface area contributed by atoms with Gasteiger partial charge in [0, 0.05) is 31.5 Å². The highest BCUT2D eigenvalue weighted by atomic mass is 16.5. The Morgan fingerprint density at radius 3 is 3.26 bits per heavy atom. The molecule has 6 heteroatoms. The van der Waals surface area contributed by atoms with Crippen LogP contribution in [0.3, 0.4) is 0 Å². The van der Waals surface area contributed by atoms with E-state index in [0.717, 1.165) is 25.3 Å². The van der Waals surface area contributed by atoms with E-state index in [9.17, 15) is 4.79 Å². The number of likely N-dealkylation sites (N-methyl/N-ethyl adjacent to an activating group) is 1. The summed E-state index contributed by atoms with van der Waals surface area (Å²) in [4.78, 5) is 17.7. The van der Waals surface area contributed by atoms with Crippen molar-refractivity contribution in [2.24, 2.45) is 0 Å². The second-order valence-corrected chi connectivity index (χ2v) is 4.39. The maximum Gasteiger partial charge on any atom is 0.356 e. The third-order valence-electron chi connectivity index (χ3n) is 3.07. The minimum atomic E-state index is -0.415. The fourth-order valence-electron chi connectivity index (χ4n) is 2.14. The number of hydrogen-bond donors (Lipinski definition) is 1. The van der Waals surface area contributed by atoms with Crippen LogP contribution in [0.15, 0.2) is 18.3 Å². The van der Waals surface area contributed by atoms with Crippen LogP contribution >= 0.6 is 0 Å². The lowest BCUT2D eigenvalue weighted by atomic mass is 10.2. The number of ether oxygens (including phenoxy) is 2. The normalized spacial score (nSPS) is 19.3. The monoisotopic (exact) mass is 265 g/mol. The van der Waals surface area contributed by atoms with Gasteiger partial charge in [-0.2, -0.15) is 0 Å².